The van der Waals surface area contributed by atoms with Crippen LogP contribution in [0.15, 0.2) is 24.3 Å². The second-order valence-electron chi connectivity index (χ2n) is 4.29. The number of esters is 1. The summed E-state index contributed by atoms with van der Waals surface area (Å²) in [6.07, 6.45) is 0.716. The number of nitrogens with zero attached hydrogens (tertiary/aromatic N) is 2. The SMILES string of the molecule is Cc1nn(C)c(Cl)c1COC(=O)c1ccc(C=O)cc1. The maximum atomic E-state index is 11.9. The largest absolute Gasteiger partial charge is 0.457 e. The van der Waals surface area contributed by atoms with Gasteiger partial charge >= 0.3 is 5.97 Å². The molecule has 5 nitrogen and oxygen atoms in total. The molecule has 2 aromatic rings. The van der Waals surface area contributed by atoms with Crippen LogP contribution in [-0.2, 0) is 18.4 Å². The van der Waals surface area contributed by atoms with Crippen LogP contribution in [0.4, 0.5) is 0 Å². The van der Waals surface area contributed by atoms with Crippen molar-refractivity contribution in [1.29, 1.82) is 0 Å². The Hall–Kier alpha value is -2.14. The van der Waals surface area contributed by atoms with Crippen LogP contribution in [0.3, 0.4) is 0 Å². The quantitative estimate of drug-likeness (QED) is 0.642. The zero-order chi connectivity index (χ0) is 14.7. The van der Waals surface area contributed by atoms with E-state index in [0.29, 0.717) is 28.1 Å². The van der Waals surface area contributed by atoms with Gasteiger partial charge in [0.2, 0.25) is 0 Å². The van der Waals surface area contributed by atoms with Gasteiger partial charge in [0.15, 0.2) is 0 Å². The van der Waals surface area contributed by atoms with E-state index < -0.39 is 5.97 Å². The molecule has 0 amide bonds. The van der Waals surface area contributed by atoms with Crippen LogP contribution in [0.5, 0.6) is 0 Å². The van der Waals surface area contributed by atoms with Crippen molar-refractivity contribution in [3.05, 3.63) is 51.8 Å². The number of aromatic nitrogens is 2. The molecule has 1 aromatic carbocycles. The molecule has 1 aromatic heterocycles. The van der Waals surface area contributed by atoms with Crippen LogP contribution < -0.4 is 0 Å². The van der Waals surface area contributed by atoms with Gasteiger partial charge in [-0.2, -0.15) is 5.10 Å². The highest BCUT2D eigenvalue weighted by atomic mass is 35.5. The van der Waals surface area contributed by atoms with Gasteiger partial charge in [-0.25, -0.2) is 4.79 Å². The third kappa shape index (κ3) is 2.88. The van der Waals surface area contributed by atoms with Gasteiger partial charge in [0.1, 0.15) is 18.0 Å². The van der Waals surface area contributed by atoms with E-state index in [9.17, 15) is 9.59 Å². The standard InChI is InChI=1S/C14H13ClN2O3/c1-9-12(13(15)17(2)16-9)8-20-14(19)11-5-3-10(7-18)4-6-11/h3-7H,8H2,1-2H3. The average molecular weight is 293 g/mol. The van der Waals surface area contributed by atoms with E-state index in [1.807, 2.05) is 0 Å². The molecule has 20 heavy (non-hydrogen) atoms. The summed E-state index contributed by atoms with van der Waals surface area (Å²) in [7, 11) is 1.72. The number of rotatable bonds is 4. The Bertz CT molecular complexity index is 647. The zero-order valence-corrected chi connectivity index (χ0v) is 11.8. The van der Waals surface area contributed by atoms with E-state index in [0.717, 1.165) is 5.69 Å². The summed E-state index contributed by atoms with van der Waals surface area (Å²) in [4.78, 5) is 22.4. The fourth-order valence-electron chi connectivity index (χ4n) is 1.76. The number of aldehydes is 1. The Kier molecular flexibility index (Phi) is 4.20. The molecule has 0 atom stereocenters. The molecule has 0 N–H and O–H groups in total. The molecule has 6 heteroatoms. The lowest BCUT2D eigenvalue weighted by Gasteiger charge is -2.05. The maximum absolute atomic E-state index is 11.9. The van der Waals surface area contributed by atoms with Crippen molar-refractivity contribution in [3.63, 3.8) is 0 Å². The third-order valence-corrected chi connectivity index (χ3v) is 3.37. The van der Waals surface area contributed by atoms with Gasteiger partial charge in [-0.1, -0.05) is 23.7 Å². The van der Waals surface area contributed by atoms with Crippen LogP contribution in [-0.4, -0.2) is 22.0 Å². The molecule has 0 aliphatic carbocycles. The lowest BCUT2D eigenvalue weighted by Crippen LogP contribution is -2.06. The predicted molar refractivity (Wildman–Crippen MR) is 73.9 cm³/mol. The van der Waals surface area contributed by atoms with Gasteiger partial charge in [-0.15, -0.1) is 0 Å². The fourth-order valence-corrected chi connectivity index (χ4v) is 1.99. The van der Waals surface area contributed by atoms with Crippen molar-refractivity contribution in [2.24, 2.45) is 7.05 Å². The van der Waals surface area contributed by atoms with Crippen molar-refractivity contribution < 1.29 is 14.3 Å². The molecule has 0 unspecified atom stereocenters. The first kappa shape index (κ1) is 14.3. The molecule has 0 aliphatic heterocycles. The molecular formula is C14H13ClN2O3. The summed E-state index contributed by atoms with van der Waals surface area (Å²) in [5.74, 6) is -0.471. The van der Waals surface area contributed by atoms with E-state index in [1.54, 1.807) is 38.2 Å². The zero-order valence-electron chi connectivity index (χ0n) is 11.1. The summed E-state index contributed by atoms with van der Waals surface area (Å²) in [6, 6.07) is 6.21. The lowest BCUT2D eigenvalue weighted by molar-refractivity contribution is 0.0472. The highest BCUT2D eigenvalue weighted by Crippen LogP contribution is 2.20. The van der Waals surface area contributed by atoms with Gasteiger partial charge in [-0.3, -0.25) is 9.48 Å². The van der Waals surface area contributed by atoms with E-state index in [1.165, 1.54) is 4.68 Å². The predicted octanol–water partition coefficient (Wildman–Crippen LogP) is 2.55. The summed E-state index contributed by atoms with van der Waals surface area (Å²) in [6.45, 7) is 1.86. The van der Waals surface area contributed by atoms with Crippen LogP contribution in [0, 0.1) is 6.92 Å². The van der Waals surface area contributed by atoms with Crippen LogP contribution in [0.1, 0.15) is 32.0 Å². The number of benzene rings is 1. The first-order valence-electron chi connectivity index (χ1n) is 5.93. The van der Waals surface area contributed by atoms with Gasteiger partial charge in [0.05, 0.1) is 11.3 Å². The topological polar surface area (TPSA) is 61.2 Å². The monoisotopic (exact) mass is 292 g/mol. The second-order valence-corrected chi connectivity index (χ2v) is 4.65. The van der Waals surface area contributed by atoms with Crippen molar-refractivity contribution in [2.75, 3.05) is 0 Å². The molecule has 0 fully saturated rings. The summed E-state index contributed by atoms with van der Waals surface area (Å²) >= 11 is 6.05. The van der Waals surface area contributed by atoms with Gasteiger partial charge in [0, 0.05) is 18.2 Å². The molecular weight excluding hydrogens is 280 g/mol. The van der Waals surface area contributed by atoms with E-state index >= 15 is 0 Å². The van der Waals surface area contributed by atoms with Gasteiger partial charge < -0.3 is 4.74 Å². The number of carbonyl (C=O) groups excluding carboxylic acids is 2. The van der Waals surface area contributed by atoms with E-state index in [2.05, 4.69) is 5.10 Å². The van der Waals surface area contributed by atoms with Crippen molar-refractivity contribution >= 4 is 23.9 Å². The van der Waals surface area contributed by atoms with Crippen LogP contribution in [0.2, 0.25) is 5.15 Å². The number of ether oxygens (including phenoxy) is 1. The minimum atomic E-state index is -0.471. The average Bonchev–Trinajstić information content (AvgIpc) is 2.70. The molecule has 0 bridgehead atoms. The molecule has 2 rings (SSSR count). The smallest absolute Gasteiger partial charge is 0.338 e. The molecule has 0 saturated heterocycles. The molecule has 0 saturated carbocycles. The molecule has 0 spiro atoms. The highest BCUT2D eigenvalue weighted by Gasteiger charge is 2.14. The normalized spacial score (nSPS) is 10.3. The minimum absolute atomic E-state index is 0.0623. The summed E-state index contributed by atoms with van der Waals surface area (Å²) < 4.78 is 6.72. The van der Waals surface area contributed by atoms with Crippen molar-refractivity contribution in [1.82, 2.24) is 9.78 Å². The van der Waals surface area contributed by atoms with Gasteiger partial charge in [0.25, 0.3) is 0 Å². The maximum Gasteiger partial charge on any atom is 0.338 e. The third-order valence-electron chi connectivity index (χ3n) is 2.90. The summed E-state index contributed by atoms with van der Waals surface area (Å²) in [5.41, 5.74) is 2.30. The minimum Gasteiger partial charge on any atom is -0.457 e. The Morgan fingerprint density at radius 1 is 1.40 bits per heavy atom. The number of hydrogen-bond donors (Lipinski definition) is 0. The Morgan fingerprint density at radius 3 is 2.55 bits per heavy atom. The van der Waals surface area contributed by atoms with E-state index in [-0.39, 0.29) is 6.61 Å². The number of halogens is 1. The summed E-state index contributed by atoms with van der Waals surface area (Å²) in [5, 5.41) is 4.59. The fraction of sp³-hybridized carbons (Fsp3) is 0.214. The number of carbonyl (C=O) groups is 2. The molecule has 0 aliphatic rings. The first-order chi connectivity index (χ1) is 9.52. The number of aryl methyl sites for hydroxylation is 2. The Morgan fingerprint density at radius 2 is 2.05 bits per heavy atom. The van der Waals surface area contributed by atoms with Crippen LogP contribution >= 0.6 is 11.6 Å². The first-order valence-corrected chi connectivity index (χ1v) is 6.31. The van der Waals surface area contributed by atoms with E-state index in [4.69, 9.17) is 16.3 Å². The molecule has 0 radical (unpaired) electrons. The Labute approximate surface area is 121 Å². The van der Waals surface area contributed by atoms with Crippen molar-refractivity contribution in [3.8, 4) is 0 Å². The van der Waals surface area contributed by atoms with Crippen molar-refractivity contribution in [2.45, 2.75) is 13.5 Å². The van der Waals surface area contributed by atoms with Crippen LogP contribution in [0.25, 0.3) is 0 Å². The second kappa shape index (κ2) is 5.88. The molecule has 1 heterocycles. The van der Waals surface area contributed by atoms with Gasteiger partial charge in [-0.05, 0) is 19.1 Å². The molecule has 104 valence electrons. The number of hydrogen-bond acceptors (Lipinski definition) is 4. The highest BCUT2D eigenvalue weighted by molar-refractivity contribution is 6.30. The lowest BCUT2D eigenvalue weighted by atomic mass is 10.1. The Balaban J connectivity index is 2.06.